The molecule has 2 aromatic heterocycles. The first kappa shape index (κ1) is 27.5. The lowest BCUT2D eigenvalue weighted by Crippen LogP contribution is -2.46. The molecule has 0 saturated carbocycles. The third-order valence-corrected chi connectivity index (χ3v) is 8.85. The van der Waals surface area contributed by atoms with Gasteiger partial charge in [0.2, 0.25) is 0 Å². The molecule has 0 unspecified atom stereocenters. The van der Waals surface area contributed by atoms with Crippen LogP contribution in [0.2, 0.25) is 0 Å². The number of nitrogens with zero attached hydrogens (tertiary/aromatic N) is 4. The molecule has 2 aliphatic rings. The van der Waals surface area contributed by atoms with E-state index >= 15 is 0 Å². The summed E-state index contributed by atoms with van der Waals surface area (Å²) in [6, 6.07) is 16.3. The van der Waals surface area contributed by atoms with Gasteiger partial charge in [0, 0.05) is 85.6 Å². The molecule has 0 radical (unpaired) electrons. The molecule has 4 aromatic rings. The molecule has 2 aromatic carbocycles. The molecule has 1 saturated heterocycles. The summed E-state index contributed by atoms with van der Waals surface area (Å²) in [5.74, 6) is -0.0952. The van der Waals surface area contributed by atoms with E-state index in [1.807, 2.05) is 54.9 Å². The van der Waals surface area contributed by atoms with Gasteiger partial charge in [0.15, 0.2) is 5.13 Å². The smallest absolute Gasteiger partial charge is 0.255 e. The molecule has 3 heterocycles. The third-order valence-electron chi connectivity index (χ3n) is 8.10. The third kappa shape index (κ3) is 6.65. The van der Waals surface area contributed by atoms with Gasteiger partial charge in [-0.1, -0.05) is 12.1 Å². The molecule has 41 heavy (non-hydrogen) atoms. The second-order valence-electron chi connectivity index (χ2n) is 11.0. The minimum absolute atomic E-state index is 0.0952. The maximum atomic E-state index is 13.2. The number of anilines is 3. The highest BCUT2D eigenvalue weighted by atomic mass is 32.1. The van der Waals surface area contributed by atoms with Gasteiger partial charge in [-0.15, -0.1) is 11.3 Å². The molecule has 212 valence electrons. The van der Waals surface area contributed by atoms with Crippen LogP contribution >= 0.6 is 11.3 Å². The fourth-order valence-corrected chi connectivity index (χ4v) is 6.30. The number of hydrogen-bond acceptors (Lipinski definition) is 8. The van der Waals surface area contributed by atoms with Crippen LogP contribution in [-0.2, 0) is 6.42 Å². The number of carbonyl (C=O) groups excluding carboxylic acids is 1. The van der Waals surface area contributed by atoms with Crippen molar-refractivity contribution < 1.29 is 4.79 Å². The van der Waals surface area contributed by atoms with E-state index in [1.165, 1.54) is 11.1 Å². The fourth-order valence-electron chi connectivity index (χ4n) is 5.57. The predicted octanol–water partition coefficient (Wildman–Crippen LogP) is 5.33. The van der Waals surface area contributed by atoms with Crippen molar-refractivity contribution in [3.8, 4) is 11.3 Å². The van der Waals surface area contributed by atoms with Gasteiger partial charge in [-0.05, 0) is 79.9 Å². The predicted molar refractivity (Wildman–Crippen MR) is 167 cm³/mol. The molecule has 1 aliphatic carbocycles. The molecular weight excluding hydrogens is 530 g/mol. The number of fused-ring (bicyclic) bond motifs is 1. The van der Waals surface area contributed by atoms with Gasteiger partial charge < -0.3 is 20.9 Å². The Bertz CT molecular complexity index is 1500. The second kappa shape index (κ2) is 12.5. The maximum Gasteiger partial charge on any atom is 0.255 e. The Morgan fingerprint density at radius 2 is 1.98 bits per heavy atom. The first-order valence-electron chi connectivity index (χ1n) is 14.3. The second-order valence-corrected chi connectivity index (χ2v) is 11.9. The average Bonchev–Trinajstić information content (AvgIpc) is 3.63. The summed E-state index contributed by atoms with van der Waals surface area (Å²) in [4.78, 5) is 27.0. The minimum Gasteiger partial charge on any atom is -0.331 e. The van der Waals surface area contributed by atoms with E-state index < -0.39 is 0 Å². The van der Waals surface area contributed by atoms with Crippen molar-refractivity contribution in [1.82, 2.24) is 25.1 Å². The van der Waals surface area contributed by atoms with Crippen LogP contribution in [0.1, 0.15) is 39.5 Å². The molecular formula is C32H37N7OS. The quantitative estimate of drug-likeness (QED) is 0.252. The van der Waals surface area contributed by atoms with Crippen LogP contribution in [0, 0.1) is 6.92 Å². The fraction of sp³-hybridized carbons (Fsp3) is 0.344. The van der Waals surface area contributed by atoms with E-state index in [1.54, 1.807) is 17.5 Å². The Labute approximate surface area is 245 Å². The van der Waals surface area contributed by atoms with Crippen molar-refractivity contribution in [3.63, 3.8) is 0 Å². The number of thiazole rings is 1. The summed E-state index contributed by atoms with van der Waals surface area (Å²) in [7, 11) is 2.19. The van der Waals surface area contributed by atoms with Crippen LogP contribution in [0.4, 0.5) is 16.5 Å². The average molecular weight is 568 g/mol. The number of hydrogen-bond donors (Lipinski definition) is 3. The summed E-state index contributed by atoms with van der Waals surface area (Å²) >= 11 is 1.54. The van der Waals surface area contributed by atoms with Crippen molar-refractivity contribution in [3.05, 3.63) is 88.6 Å². The molecule has 0 bridgehead atoms. The summed E-state index contributed by atoms with van der Waals surface area (Å²) in [6.07, 6.45) is 5.64. The van der Waals surface area contributed by atoms with E-state index in [0.29, 0.717) is 11.6 Å². The van der Waals surface area contributed by atoms with Gasteiger partial charge in [-0.25, -0.2) is 4.98 Å². The number of aromatic nitrogens is 2. The number of aryl methyl sites for hydroxylation is 2. The summed E-state index contributed by atoms with van der Waals surface area (Å²) in [5.41, 5.74) is 7.90. The number of likely N-dealkylation sites (N-methyl/N-ethyl adjacent to an activating group) is 1. The zero-order valence-electron chi connectivity index (χ0n) is 23.7. The van der Waals surface area contributed by atoms with Crippen molar-refractivity contribution in [2.75, 3.05) is 56.9 Å². The molecule has 0 spiro atoms. The summed E-state index contributed by atoms with van der Waals surface area (Å²) in [5, 5.41) is 13.1. The number of rotatable bonds is 9. The molecule has 6 rings (SSSR count). The van der Waals surface area contributed by atoms with E-state index in [2.05, 4.69) is 49.9 Å². The normalized spacial score (nSPS) is 17.4. The zero-order valence-corrected chi connectivity index (χ0v) is 24.5. The molecule has 3 N–H and O–H groups in total. The van der Waals surface area contributed by atoms with Gasteiger partial charge in [-0.3, -0.25) is 14.7 Å². The Balaban J connectivity index is 1.06. The van der Waals surface area contributed by atoms with Crippen molar-refractivity contribution in [2.24, 2.45) is 0 Å². The van der Waals surface area contributed by atoms with Gasteiger partial charge in [-0.2, -0.15) is 0 Å². The minimum atomic E-state index is -0.0952. The van der Waals surface area contributed by atoms with Crippen molar-refractivity contribution in [2.45, 2.75) is 25.8 Å². The van der Waals surface area contributed by atoms with E-state index in [-0.39, 0.29) is 5.91 Å². The lowest BCUT2D eigenvalue weighted by atomic mass is 10.0. The maximum absolute atomic E-state index is 13.2. The van der Waals surface area contributed by atoms with Crippen LogP contribution in [0.3, 0.4) is 0 Å². The number of piperazine rings is 1. The first-order valence-corrected chi connectivity index (χ1v) is 15.2. The van der Waals surface area contributed by atoms with Crippen LogP contribution < -0.4 is 16.0 Å². The molecule has 1 aliphatic heterocycles. The number of amides is 1. The zero-order chi connectivity index (χ0) is 28.2. The molecule has 1 fully saturated rings. The molecule has 1 atom stereocenters. The van der Waals surface area contributed by atoms with Gasteiger partial charge in [0.25, 0.3) is 5.91 Å². The van der Waals surface area contributed by atoms with E-state index in [0.717, 1.165) is 85.4 Å². The Hall–Kier alpha value is -3.63. The SMILES string of the molecule is Cc1ccc(NC(=O)c2ccc3c(c2)CC[C@@H]3NCCN2CCN(C)CC2)cc1Nc1nc(-c2cccnc2)cs1. The Kier molecular flexibility index (Phi) is 8.38. The number of nitrogens with one attached hydrogen (secondary N) is 3. The molecule has 9 heteroatoms. The van der Waals surface area contributed by atoms with E-state index in [4.69, 9.17) is 4.98 Å². The highest BCUT2D eigenvalue weighted by molar-refractivity contribution is 7.14. The monoisotopic (exact) mass is 567 g/mol. The summed E-state index contributed by atoms with van der Waals surface area (Å²) in [6.45, 7) is 8.71. The van der Waals surface area contributed by atoms with Crippen LogP contribution in [0.15, 0.2) is 66.3 Å². The van der Waals surface area contributed by atoms with Gasteiger partial charge >= 0.3 is 0 Å². The van der Waals surface area contributed by atoms with Crippen LogP contribution in [0.5, 0.6) is 0 Å². The lowest BCUT2D eigenvalue weighted by molar-refractivity contribution is 0.102. The van der Waals surface area contributed by atoms with Crippen LogP contribution in [-0.4, -0.2) is 72.0 Å². The Morgan fingerprint density at radius 1 is 1.10 bits per heavy atom. The number of pyridine rings is 1. The largest absolute Gasteiger partial charge is 0.331 e. The highest BCUT2D eigenvalue weighted by Crippen LogP contribution is 2.33. The standard InChI is InChI=1S/C32H37N7OS/c1-22-5-8-26(19-29(22)36-32-37-30(21-41-32)25-4-3-11-33-20-25)35-31(40)24-6-9-27-23(18-24)7-10-28(27)34-12-13-39-16-14-38(2)15-17-39/h3-6,8-9,11,18-21,28,34H,7,10,12-17H2,1-2H3,(H,35,40)(H,36,37)/t28-/m0/s1. The van der Waals surface area contributed by atoms with Crippen LogP contribution in [0.25, 0.3) is 11.3 Å². The number of benzene rings is 2. The molecule has 1 amide bonds. The van der Waals surface area contributed by atoms with Crippen molar-refractivity contribution in [1.29, 1.82) is 0 Å². The number of carbonyl (C=O) groups is 1. The summed E-state index contributed by atoms with van der Waals surface area (Å²) < 4.78 is 0. The van der Waals surface area contributed by atoms with Gasteiger partial charge in [0.05, 0.1) is 5.69 Å². The van der Waals surface area contributed by atoms with Crippen molar-refractivity contribution >= 4 is 33.8 Å². The molecule has 8 nitrogen and oxygen atoms in total. The highest BCUT2D eigenvalue weighted by Gasteiger charge is 2.24. The van der Waals surface area contributed by atoms with E-state index in [9.17, 15) is 4.79 Å². The topological polar surface area (TPSA) is 85.4 Å². The lowest BCUT2D eigenvalue weighted by Gasteiger charge is -2.32. The Morgan fingerprint density at radius 3 is 2.80 bits per heavy atom. The van der Waals surface area contributed by atoms with Gasteiger partial charge in [0.1, 0.15) is 0 Å². The first-order chi connectivity index (χ1) is 20.0.